The maximum absolute atomic E-state index is 12.4. The normalized spacial score (nSPS) is 9.37. The summed E-state index contributed by atoms with van der Waals surface area (Å²) in [4.78, 5) is 23.8. The van der Waals surface area contributed by atoms with Crippen molar-refractivity contribution in [3.8, 4) is 11.3 Å². The van der Waals surface area contributed by atoms with Gasteiger partial charge in [-0.3, -0.25) is 9.59 Å². The fourth-order valence-electron chi connectivity index (χ4n) is 2.50. The predicted molar refractivity (Wildman–Crippen MR) is 122 cm³/mol. The van der Waals surface area contributed by atoms with Gasteiger partial charge in [0, 0.05) is 11.3 Å². The van der Waals surface area contributed by atoms with Gasteiger partial charge in [0.25, 0.3) is 5.91 Å². The largest absolute Gasteiger partial charge is 0.466 e. The zero-order chi connectivity index (χ0) is 22.4. The van der Waals surface area contributed by atoms with Crippen LogP contribution in [0.3, 0.4) is 0 Å². The second-order valence-corrected chi connectivity index (χ2v) is 5.70. The first-order valence-corrected chi connectivity index (χ1v) is 10.4. The number of hydrogen-bond acceptors (Lipinski definition) is 4. The number of ether oxygens (including phenoxy) is 1. The number of amides is 1. The van der Waals surface area contributed by atoms with Gasteiger partial charge in [-0.25, -0.2) is 0 Å². The number of anilines is 1. The maximum Gasteiger partial charge on any atom is 0.310 e. The smallest absolute Gasteiger partial charge is 0.310 e. The van der Waals surface area contributed by atoms with E-state index in [1.165, 1.54) is 6.26 Å². The van der Waals surface area contributed by atoms with Crippen molar-refractivity contribution in [3.63, 3.8) is 0 Å². The van der Waals surface area contributed by atoms with E-state index in [-0.39, 0.29) is 18.3 Å². The van der Waals surface area contributed by atoms with Crippen LogP contribution in [0.25, 0.3) is 11.3 Å². The van der Waals surface area contributed by atoms with Gasteiger partial charge in [-0.1, -0.05) is 70.2 Å². The van der Waals surface area contributed by atoms with E-state index < -0.39 is 0 Å². The molecule has 1 aromatic heterocycles. The Bertz CT molecular complexity index is 883. The van der Waals surface area contributed by atoms with E-state index in [1.807, 2.05) is 58.0 Å². The summed E-state index contributed by atoms with van der Waals surface area (Å²) in [6, 6.07) is 18.4. The van der Waals surface area contributed by atoms with Crippen LogP contribution in [-0.4, -0.2) is 18.5 Å². The number of hydrogen-bond donors (Lipinski definition) is 1. The minimum atomic E-state index is -0.267. The lowest BCUT2D eigenvalue weighted by Gasteiger charge is -2.05. The Morgan fingerprint density at radius 3 is 2.17 bits per heavy atom. The molecule has 3 rings (SSSR count). The maximum atomic E-state index is 12.4. The average Bonchev–Trinajstić information content (AvgIpc) is 3.29. The molecule has 0 saturated carbocycles. The molecule has 1 heterocycles. The predicted octanol–water partition coefficient (Wildman–Crippen LogP) is 6.36. The van der Waals surface area contributed by atoms with E-state index in [1.54, 1.807) is 37.3 Å². The molecular formula is C25H31NO4. The first-order chi connectivity index (χ1) is 14.7. The molecule has 1 amide bonds. The van der Waals surface area contributed by atoms with E-state index in [0.29, 0.717) is 23.6 Å². The van der Waals surface area contributed by atoms with Crippen LogP contribution in [0.2, 0.25) is 0 Å². The van der Waals surface area contributed by atoms with Crippen LogP contribution >= 0.6 is 0 Å². The molecule has 0 atom stereocenters. The monoisotopic (exact) mass is 409 g/mol. The van der Waals surface area contributed by atoms with E-state index >= 15 is 0 Å². The standard InChI is InChI=1S/C21H19NO4.2C2H6/c1-2-25-20(23)12-15-8-10-18(11-9-15)22-21(24)17-13-19(26-14-17)16-6-4-3-5-7-16;2*1-2/h3-11,13-14H,2,12H2,1H3,(H,22,24);2*1-2H3. The second-order valence-electron chi connectivity index (χ2n) is 5.70. The van der Waals surface area contributed by atoms with Crippen LogP contribution in [-0.2, 0) is 16.0 Å². The highest BCUT2D eigenvalue weighted by Gasteiger charge is 2.12. The molecule has 5 nitrogen and oxygen atoms in total. The molecule has 0 aliphatic rings. The van der Waals surface area contributed by atoms with Gasteiger partial charge in [0.05, 0.1) is 18.6 Å². The van der Waals surface area contributed by atoms with Crippen LogP contribution in [0, 0.1) is 0 Å². The summed E-state index contributed by atoms with van der Waals surface area (Å²) in [5.41, 5.74) is 2.83. The number of carbonyl (C=O) groups excluding carboxylic acids is 2. The molecule has 0 saturated heterocycles. The average molecular weight is 410 g/mol. The van der Waals surface area contributed by atoms with Gasteiger partial charge < -0.3 is 14.5 Å². The summed E-state index contributed by atoms with van der Waals surface area (Å²) in [7, 11) is 0. The van der Waals surface area contributed by atoms with E-state index in [9.17, 15) is 9.59 Å². The first kappa shape index (κ1) is 24.7. The molecular weight excluding hydrogens is 378 g/mol. The minimum Gasteiger partial charge on any atom is -0.466 e. The highest BCUT2D eigenvalue weighted by Crippen LogP contribution is 2.22. The fraction of sp³-hybridized carbons (Fsp3) is 0.280. The van der Waals surface area contributed by atoms with Crippen LogP contribution in [0.4, 0.5) is 5.69 Å². The first-order valence-electron chi connectivity index (χ1n) is 10.4. The number of carbonyl (C=O) groups is 2. The second kappa shape index (κ2) is 13.8. The third-order valence-electron chi connectivity index (χ3n) is 3.79. The molecule has 0 bridgehead atoms. The van der Waals surface area contributed by atoms with Crippen molar-refractivity contribution in [2.75, 3.05) is 11.9 Å². The van der Waals surface area contributed by atoms with Gasteiger partial charge in [0.2, 0.25) is 0 Å². The fourth-order valence-corrected chi connectivity index (χ4v) is 2.50. The third-order valence-corrected chi connectivity index (χ3v) is 3.79. The van der Waals surface area contributed by atoms with E-state index in [0.717, 1.165) is 11.1 Å². The third kappa shape index (κ3) is 7.59. The van der Waals surface area contributed by atoms with Gasteiger partial charge in [0.15, 0.2) is 0 Å². The Morgan fingerprint density at radius 2 is 1.57 bits per heavy atom. The van der Waals surface area contributed by atoms with Crippen molar-refractivity contribution >= 4 is 17.6 Å². The van der Waals surface area contributed by atoms with Crippen molar-refractivity contribution in [2.45, 2.75) is 41.0 Å². The molecule has 30 heavy (non-hydrogen) atoms. The SMILES string of the molecule is CC.CC.CCOC(=O)Cc1ccc(NC(=O)c2coc(-c3ccccc3)c2)cc1. The van der Waals surface area contributed by atoms with Gasteiger partial charge >= 0.3 is 5.97 Å². The van der Waals surface area contributed by atoms with E-state index in [2.05, 4.69) is 5.32 Å². The quantitative estimate of drug-likeness (QED) is 0.481. The zero-order valence-corrected chi connectivity index (χ0v) is 18.4. The molecule has 0 aliphatic heterocycles. The van der Waals surface area contributed by atoms with Crippen molar-refractivity contribution in [1.82, 2.24) is 0 Å². The van der Waals surface area contributed by atoms with Gasteiger partial charge in [-0.15, -0.1) is 0 Å². The molecule has 0 radical (unpaired) electrons. The number of esters is 1. The van der Waals surface area contributed by atoms with Crippen molar-refractivity contribution in [2.24, 2.45) is 0 Å². The molecule has 5 heteroatoms. The minimum absolute atomic E-state index is 0.213. The summed E-state index contributed by atoms with van der Waals surface area (Å²) < 4.78 is 10.4. The van der Waals surface area contributed by atoms with Gasteiger partial charge in [-0.2, -0.15) is 0 Å². The Balaban J connectivity index is 0.00000106. The summed E-state index contributed by atoms with van der Waals surface area (Å²) in [5.74, 6) is 0.116. The lowest BCUT2D eigenvalue weighted by atomic mass is 10.1. The summed E-state index contributed by atoms with van der Waals surface area (Å²) in [5, 5.41) is 2.81. The molecule has 0 aliphatic carbocycles. The van der Waals surface area contributed by atoms with Crippen molar-refractivity contribution < 1.29 is 18.7 Å². The Kier molecular flexibility index (Phi) is 11.3. The number of benzene rings is 2. The molecule has 2 aromatic carbocycles. The molecule has 0 spiro atoms. The number of furan rings is 1. The van der Waals surface area contributed by atoms with E-state index in [4.69, 9.17) is 9.15 Å². The zero-order valence-electron chi connectivity index (χ0n) is 18.4. The lowest BCUT2D eigenvalue weighted by Crippen LogP contribution is -2.11. The highest BCUT2D eigenvalue weighted by molar-refractivity contribution is 6.04. The van der Waals surface area contributed by atoms with Gasteiger partial charge in [0.1, 0.15) is 12.0 Å². The van der Waals surface area contributed by atoms with Crippen LogP contribution in [0.5, 0.6) is 0 Å². The molecule has 3 aromatic rings. The van der Waals surface area contributed by atoms with Crippen LogP contribution in [0.15, 0.2) is 71.3 Å². The van der Waals surface area contributed by atoms with Crippen molar-refractivity contribution in [3.05, 3.63) is 78.1 Å². The van der Waals surface area contributed by atoms with Crippen LogP contribution in [0.1, 0.15) is 50.5 Å². The van der Waals surface area contributed by atoms with Gasteiger partial charge in [-0.05, 0) is 30.7 Å². The number of nitrogens with one attached hydrogen (secondary N) is 1. The molecule has 0 fully saturated rings. The molecule has 160 valence electrons. The Hall–Kier alpha value is -3.34. The molecule has 1 N–H and O–H groups in total. The molecule has 0 unspecified atom stereocenters. The Morgan fingerprint density at radius 1 is 0.933 bits per heavy atom. The highest BCUT2D eigenvalue weighted by atomic mass is 16.5. The number of rotatable bonds is 6. The van der Waals surface area contributed by atoms with Crippen molar-refractivity contribution in [1.29, 1.82) is 0 Å². The van der Waals surface area contributed by atoms with Crippen LogP contribution < -0.4 is 5.32 Å². The summed E-state index contributed by atoms with van der Waals surface area (Å²) >= 11 is 0. The summed E-state index contributed by atoms with van der Waals surface area (Å²) in [6.07, 6.45) is 1.65. The topological polar surface area (TPSA) is 68.5 Å². The lowest BCUT2D eigenvalue weighted by molar-refractivity contribution is -0.142. The summed E-state index contributed by atoms with van der Waals surface area (Å²) in [6.45, 7) is 10.1. The Labute approximate surface area is 179 Å².